The second kappa shape index (κ2) is 2.69. The summed E-state index contributed by atoms with van der Waals surface area (Å²) in [5.41, 5.74) is 5.63. The highest BCUT2D eigenvalue weighted by Crippen LogP contribution is 2.20. The van der Waals surface area contributed by atoms with Crippen molar-refractivity contribution >= 4 is 11.8 Å². The predicted octanol–water partition coefficient (Wildman–Crippen LogP) is 0.602. The molecule has 0 aliphatic carbocycles. The topological polar surface area (TPSA) is 47.1 Å². The van der Waals surface area contributed by atoms with Crippen molar-refractivity contribution in [3.05, 3.63) is 6.20 Å². The van der Waals surface area contributed by atoms with Crippen LogP contribution >= 0.6 is 0 Å². The smallest absolute Gasteiger partial charge is 0.201 e. The van der Waals surface area contributed by atoms with Crippen LogP contribution in [-0.2, 0) is 7.05 Å². The number of anilines is 2. The van der Waals surface area contributed by atoms with Crippen molar-refractivity contribution in [2.24, 2.45) is 7.05 Å². The fourth-order valence-corrected chi connectivity index (χ4v) is 1.65. The Labute approximate surface area is 72.0 Å². The maximum Gasteiger partial charge on any atom is 0.201 e. The van der Waals surface area contributed by atoms with Gasteiger partial charge in [-0.25, -0.2) is 4.98 Å². The van der Waals surface area contributed by atoms with Crippen molar-refractivity contribution < 1.29 is 0 Å². The van der Waals surface area contributed by atoms with E-state index in [0.29, 0.717) is 5.95 Å². The molecule has 1 saturated heterocycles. The first-order valence-corrected chi connectivity index (χ1v) is 4.31. The van der Waals surface area contributed by atoms with Gasteiger partial charge in [0.15, 0.2) is 0 Å². The summed E-state index contributed by atoms with van der Waals surface area (Å²) in [7, 11) is 1.95. The molecule has 0 atom stereocenters. The van der Waals surface area contributed by atoms with E-state index in [1.54, 1.807) is 0 Å². The third-order valence-electron chi connectivity index (χ3n) is 2.43. The van der Waals surface area contributed by atoms with E-state index in [-0.39, 0.29) is 0 Å². The minimum atomic E-state index is 0.594. The maximum atomic E-state index is 5.63. The lowest BCUT2D eigenvalue weighted by Gasteiger charge is -2.16. The average Bonchev–Trinajstić information content (AvgIpc) is 2.64. The first-order valence-electron chi connectivity index (χ1n) is 4.31. The molecule has 2 heterocycles. The molecule has 12 heavy (non-hydrogen) atoms. The molecule has 2 rings (SSSR count). The normalized spacial score (nSPS) is 17.2. The molecule has 0 spiro atoms. The van der Waals surface area contributed by atoms with E-state index in [1.165, 1.54) is 12.8 Å². The molecule has 1 aliphatic rings. The summed E-state index contributed by atoms with van der Waals surface area (Å²) in [4.78, 5) is 6.38. The quantitative estimate of drug-likeness (QED) is 0.664. The number of nitrogens with zero attached hydrogens (tertiary/aromatic N) is 3. The summed E-state index contributed by atoms with van der Waals surface area (Å²) >= 11 is 0. The lowest BCUT2D eigenvalue weighted by molar-refractivity contribution is 0.848. The zero-order chi connectivity index (χ0) is 8.55. The van der Waals surface area contributed by atoms with Crippen LogP contribution in [0.25, 0.3) is 0 Å². The molecule has 1 aliphatic heterocycles. The molecule has 1 aromatic heterocycles. The predicted molar refractivity (Wildman–Crippen MR) is 49.1 cm³/mol. The highest BCUT2D eigenvalue weighted by atomic mass is 15.3. The summed E-state index contributed by atoms with van der Waals surface area (Å²) in [6.45, 7) is 2.28. The highest BCUT2D eigenvalue weighted by Gasteiger charge is 2.15. The van der Waals surface area contributed by atoms with Crippen molar-refractivity contribution in [3.8, 4) is 0 Å². The fraction of sp³-hybridized carbons (Fsp3) is 0.625. The molecule has 0 bridgehead atoms. The van der Waals surface area contributed by atoms with Crippen LogP contribution in [0.2, 0.25) is 0 Å². The molecule has 4 nitrogen and oxygen atoms in total. The van der Waals surface area contributed by atoms with E-state index >= 15 is 0 Å². The Bertz CT molecular complexity index is 273. The Morgan fingerprint density at radius 2 is 2.08 bits per heavy atom. The summed E-state index contributed by atoms with van der Waals surface area (Å²) in [5.74, 6) is 1.74. The maximum absolute atomic E-state index is 5.63. The molecule has 0 amide bonds. The summed E-state index contributed by atoms with van der Waals surface area (Å²) in [6.07, 6.45) is 4.41. The van der Waals surface area contributed by atoms with E-state index in [2.05, 4.69) is 9.88 Å². The second-order valence-corrected chi connectivity index (χ2v) is 3.23. The minimum Gasteiger partial charge on any atom is -0.369 e. The van der Waals surface area contributed by atoms with Crippen LogP contribution in [-0.4, -0.2) is 22.6 Å². The monoisotopic (exact) mass is 166 g/mol. The van der Waals surface area contributed by atoms with Gasteiger partial charge in [0.2, 0.25) is 5.95 Å². The Morgan fingerprint density at radius 3 is 2.58 bits per heavy atom. The minimum absolute atomic E-state index is 0.594. The largest absolute Gasteiger partial charge is 0.369 e. The van der Waals surface area contributed by atoms with Gasteiger partial charge in [-0.3, -0.25) is 0 Å². The van der Waals surface area contributed by atoms with Crippen LogP contribution in [0.5, 0.6) is 0 Å². The van der Waals surface area contributed by atoms with Crippen molar-refractivity contribution in [2.75, 3.05) is 23.7 Å². The average molecular weight is 166 g/mol. The first kappa shape index (κ1) is 7.46. The van der Waals surface area contributed by atoms with Gasteiger partial charge in [-0.15, -0.1) is 0 Å². The van der Waals surface area contributed by atoms with Gasteiger partial charge in [0.05, 0.1) is 6.20 Å². The first-order chi connectivity index (χ1) is 5.79. The number of rotatable bonds is 1. The van der Waals surface area contributed by atoms with Gasteiger partial charge in [-0.2, -0.15) is 0 Å². The number of nitrogens with two attached hydrogens (primary N) is 1. The molecule has 0 saturated carbocycles. The lowest BCUT2D eigenvalue weighted by atomic mass is 10.4. The zero-order valence-electron chi connectivity index (χ0n) is 7.32. The molecule has 1 aromatic rings. The van der Waals surface area contributed by atoms with Crippen molar-refractivity contribution in [1.82, 2.24) is 9.55 Å². The van der Waals surface area contributed by atoms with Crippen LogP contribution in [0, 0.1) is 0 Å². The molecule has 1 fully saturated rings. The Kier molecular flexibility index (Phi) is 1.67. The van der Waals surface area contributed by atoms with E-state index < -0.39 is 0 Å². The van der Waals surface area contributed by atoms with Gasteiger partial charge in [-0.1, -0.05) is 0 Å². The lowest BCUT2D eigenvalue weighted by Crippen LogP contribution is -2.20. The molecular weight excluding hydrogens is 152 g/mol. The standard InChI is InChI=1S/C8H14N4/c1-11-7(6-10-8(11)9)12-4-2-3-5-12/h6H,2-5H2,1H3,(H2,9,10). The van der Waals surface area contributed by atoms with Crippen LogP contribution < -0.4 is 10.6 Å². The van der Waals surface area contributed by atoms with Gasteiger partial charge in [0.25, 0.3) is 0 Å². The molecule has 0 aromatic carbocycles. The van der Waals surface area contributed by atoms with Gasteiger partial charge in [-0.05, 0) is 12.8 Å². The van der Waals surface area contributed by atoms with Crippen molar-refractivity contribution in [1.29, 1.82) is 0 Å². The fourth-order valence-electron chi connectivity index (χ4n) is 1.65. The third-order valence-corrected chi connectivity index (χ3v) is 2.43. The number of nitrogen functional groups attached to an aromatic ring is 1. The Balaban J connectivity index is 2.26. The Hall–Kier alpha value is -1.19. The SMILES string of the molecule is Cn1c(N2CCCC2)cnc1N. The van der Waals surface area contributed by atoms with Crippen molar-refractivity contribution in [2.45, 2.75) is 12.8 Å². The summed E-state index contributed by atoms with van der Waals surface area (Å²) in [6, 6.07) is 0. The molecule has 0 unspecified atom stereocenters. The van der Waals surface area contributed by atoms with Gasteiger partial charge in [0, 0.05) is 20.1 Å². The van der Waals surface area contributed by atoms with Crippen LogP contribution in [0.1, 0.15) is 12.8 Å². The second-order valence-electron chi connectivity index (χ2n) is 3.23. The number of hydrogen-bond donors (Lipinski definition) is 1. The van der Waals surface area contributed by atoms with E-state index in [4.69, 9.17) is 5.73 Å². The molecule has 0 radical (unpaired) electrons. The summed E-state index contributed by atoms with van der Waals surface area (Å²) in [5, 5.41) is 0. The molecular formula is C8H14N4. The summed E-state index contributed by atoms with van der Waals surface area (Å²) < 4.78 is 1.94. The number of hydrogen-bond acceptors (Lipinski definition) is 3. The van der Waals surface area contributed by atoms with E-state index in [0.717, 1.165) is 18.9 Å². The molecule has 66 valence electrons. The Morgan fingerprint density at radius 1 is 1.42 bits per heavy atom. The van der Waals surface area contributed by atoms with Crippen LogP contribution in [0.4, 0.5) is 11.8 Å². The van der Waals surface area contributed by atoms with Crippen molar-refractivity contribution in [3.63, 3.8) is 0 Å². The zero-order valence-corrected chi connectivity index (χ0v) is 7.32. The molecule has 4 heteroatoms. The molecule has 2 N–H and O–H groups in total. The number of imidazole rings is 1. The third kappa shape index (κ3) is 1.03. The highest BCUT2D eigenvalue weighted by molar-refractivity contribution is 5.44. The van der Waals surface area contributed by atoms with E-state index in [9.17, 15) is 0 Å². The van der Waals surface area contributed by atoms with Gasteiger partial charge >= 0.3 is 0 Å². The van der Waals surface area contributed by atoms with Crippen LogP contribution in [0.3, 0.4) is 0 Å². The number of aromatic nitrogens is 2. The van der Waals surface area contributed by atoms with Gasteiger partial charge < -0.3 is 15.2 Å². The van der Waals surface area contributed by atoms with Crippen LogP contribution in [0.15, 0.2) is 6.20 Å². The van der Waals surface area contributed by atoms with E-state index in [1.807, 2.05) is 17.8 Å². The van der Waals surface area contributed by atoms with Gasteiger partial charge in [0.1, 0.15) is 5.82 Å².